The molecule has 2 heteroatoms. The molecule has 2 unspecified atom stereocenters. The second kappa shape index (κ2) is 4.68. The average molecular weight is 234 g/mol. The summed E-state index contributed by atoms with van der Waals surface area (Å²) in [6, 6.07) is 0. The summed E-state index contributed by atoms with van der Waals surface area (Å²) in [6.07, 6.45) is 2.71. The lowest BCUT2D eigenvalue weighted by Crippen LogP contribution is -2.28. The van der Waals surface area contributed by atoms with Gasteiger partial charge in [-0.05, 0) is 43.8 Å². The van der Waals surface area contributed by atoms with Crippen LogP contribution in [0.5, 0.6) is 0 Å². The van der Waals surface area contributed by atoms with E-state index in [0.717, 1.165) is 24.0 Å². The Labute approximate surface area is 104 Å². The van der Waals surface area contributed by atoms with Gasteiger partial charge in [0, 0.05) is 5.57 Å². The fourth-order valence-electron chi connectivity index (χ4n) is 2.05. The number of rotatable bonds is 1. The van der Waals surface area contributed by atoms with E-state index in [9.17, 15) is 10.2 Å². The van der Waals surface area contributed by atoms with Gasteiger partial charge in [0.25, 0.3) is 0 Å². The summed E-state index contributed by atoms with van der Waals surface area (Å²) in [7, 11) is 0. The van der Waals surface area contributed by atoms with Crippen LogP contribution in [0.4, 0.5) is 0 Å². The quantitative estimate of drug-likeness (QED) is 0.540. The smallest absolute Gasteiger partial charge is 0.141 e. The molecule has 2 atom stereocenters. The van der Waals surface area contributed by atoms with Crippen LogP contribution in [-0.4, -0.2) is 21.9 Å². The van der Waals surface area contributed by atoms with E-state index in [1.165, 1.54) is 6.08 Å². The van der Waals surface area contributed by atoms with Gasteiger partial charge in [-0.2, -0.15) is 0 Å². The largest absolute Gasteiger partial charge is 0.389 e. The van der Waals surface area contributed by atoms with Crippen LogP contribution in [0.1, 0.15) is 40.5 Å². The highest BCUT2D eigenvalue weighted by molar-refractivity contribution is 5.43. The van der Waals surface area contributed by atoms with Gasteiger partial charge in [0.1, 0.15) is 5.60 Å². The molecule has 0 bridgehead atoms. The molecule has 94 valence electrons. The van der Waals surface area contributed by atoms with Crippen molar-refractivity contribution in [3.8, 4) is 11.8 Å². The van der Waals surface area contributed by atoms with E-state index in [4.69, 9.17) is 0 Å². The maximum absolute atomic E-state index is 9.86. The molecule has 0 radical (unpaired) electrons. The van der Waals surface area contributed by atoms with Gasteiger partial charge in [0.15, 0.2) is 0 Å². The Kier molecular flexibility index (Phi) is 3.86. The van der Waals surface area contributed by atoms with Crippen LogP contribution in [0.2, 0.25) is 0 Å². The molecular weight excluding hydrogens is 212 g/mol. The van der Waals surface area contributed by atoms with Crippen molar-refractivity contribution < 1.29 is 10.2 Å². The third kappa shape index (κ3) is 3.21. The number of hydrogen-bond acceptors (Lipinski definition) is 2. The highest BCUT2D eigenvalue weighted by Gasteiger charge is 2.31. The van der Waals surface area contributed by atoms with Gasteiger partial charge >= 0.3 is 0 Å². The minimum atomic E-state index is -1.17. The van der Waals surface area contributed by atoms with Crippen LogP contribution < -0.4 is 0 Å². The molecule has 0 heterocycles. The van der Waals surface area contributed by atoms with Crippen LogP contribution in [0.3, 0.4) is 0 Å². The first-order valence-electron chi connectivity index (χ1n) is 5.98. The van der Waals surface area contributed by atoms with Crippen molar-refractivity contribution in [2.24, 2.45) is 5.41 Å². The van der Waals surface area contributed by atoms with Crippen molar-refractivity contribution in [3.05, 3.63) is 23.8 Å². The minimum Gasteiger partial charge on any atom is -0.389 e. The van der Waals surface area contributed by atoms with E-state index in [1.54, 1.807) is 6.92 Å². The average Bonchev–Trinajstić information content (AvgIpc) is 2.24. The molecule has 0 saturated carbocycles. The minimum absolute atomic E-state index is 0.0342. The van der Waals surface area contributed by atoms with Crippen molar-refractivity contribution >= 4 is 0 Å². The zero-order valence-electron chi connectivity index (χ0n) is 11.2. The van der Waals surface area contributed by atoms with Crippen LogP contribution in [0, 0.1) is 17.3 Å². The first kappa shape index (κ1) is 14.0. The summed E-state index contributed by atoms with van der Waals surface area (Å²) < 4.78 is 0. The predicted molar refractivity (Wildman–Crippen MR) is 70.3 cm³/mol. The van der Waals surface area contributed by atoms with Crippen molar-refractivity contribution in [1.29, 1.82) is 0 Å². The second-order valence-electron chi connectivity index (χ2n) is 5.60. The fourth-order valence-corrected chi connectivity index (χ4v) is 2.05. The molecule has 0 aromatic heterocycles. The molecule has 1 aliphatic carbocycles. The van der Waals surface area contributed by atoms with Crippen LogP contribution in [0.15, 0.2) is 23.8 Å². The zero-order chi connectivity index (χ0) is 13.3. The maximum Gasteiger partial charge on any atom is 0.141 e. The Bertz CT molecular complexity index is 402. The molecule has 2 nitrogen and oxygen atoms in total. The zero-order valence-corrected chi connectivity index (χ0v) is 11.2. The SMILES string of the molecule is C=CC(C)(O)C#CC1=C(C)C(O)CCC1(C)C. The van der Waals surface area contributed by atoms with Crippen LogP contribution in [0.25, 0.3) is 0 Å². The van der Waals surface area contributed by atoms with Gasteiger partial charge in [0.2, 0.25) is 0 Å². The van der Waals surface area contributed by atoms with Crippen molar-refractivity contribution in [3.63, 3.8) is 0 Å². The van der Waals surface area contributed by atoms with Gasteiger partial charge < -0.3 is 10.2 Å². The summed E-state index contributed by atoms with van der Waals surface area (Å²) in [6.45, 7) is 11.3. The number of aliphatic hydroxyl groups excluding tert-OH is 1. The lowest BCUT2D eigenvalue weighted by atomic mass is 9.72. The molecule has 1 aliphatic rings. The molecular formula is C15H22O2. The lowest BCUT2D eigenvalue weighted by molar-refractivity contribution is 0.163. The third-order valence-corrected chi connectivity index (χ3v) is 3.45. The molecule has 0 aromatic carbocycles. The molecule has 0 aromatic rings. The van der Waals surface area contributed by atoms with Crippen molar-refractivity contribution in [2.45, 2.75) is 52.2 Å². The van der Waals surface area contributed by atoms with Gasteiger partial charge in [0.05, 0.1) is 6.10 Å². The van der Waals surface area contributed by atoms with E-state index in [1.807, 2.05) is 6.92 Å². The van der Waals surface area contributed by atoms with Crippen molar-refractivity contribution in [1.82, 2.24) is 0 Å². The highest BCUT2D eigenvalue weighted by Crippen LogP contribution is 2.39. The number of aliphatic hydroxyl groups is 2. The Morgan fingerprint density at radius 2 is 2.12 bits per heavy atom. The lowest BCUT2D eigenvalue weighted by Gasteiger charge is -2.34. The summed E-state index contributed by atoms with van der Waals surface area (Å²) >= 11 is 0. The highest BCUT2D eigenvalue weighted by atomic mass is 16.3. The van der Waals surface area contributed by atoms with E-state index < -0.39 is 11.7 Å². The molecule has 0 fully saturated rings. The summed E-state index contributed by atoms with van der Waals surface area (Å²) in [5, 5.41) is 19.7. The Morgan fingerprint density at radius 3 is 2.65 bits per heavy atom. The number of hydrogen-bond donors (Lipinski definition) is 2. The second-order valence-corrected chi connectivity index (χ2v) is 5.60. The number of allylic oxidation sites excluding steroid dienone is 1. The molecule has 0 aliphatic heterocycles. The predicted octanol–water partition coefficient (Wildman–Crippen LogP) is 2.42. The van der Waals surface area contributed by atoms with E-state index in [-0.39, 0.29) is 5.41 Å². The Hall–Kier alpha value is -1.04. The van der Waals surface area contributed by atoms with Crippen LogP contribution >= 0.6 is 0 Å². The Balaban J connectivity index is 3.17. The van der Waals surface area contributed by atoms with E-state index in [0.29, 0.717) is 0 Å². The fraction of sp³-hybridized carbons (Fsp3) is 0.600. The molecule has 1 rings (SSSR count). The van der Waals surface area contributed by atoms with Gasteiger partial charge in [-0.25, -0.2) is 0 Å². The van der Waals surface area contributed by atoms with E-state index >= 15 is 0 Å². The van der Waals surface area contributed by atoms with E-state index in [2.05, 4.69) is 32.3 Å². The van der Waals surface area contributed by atoms with Crippen LogP contribution in [-0.2, 0) is 0 Å². The standard InChI is InChI=1S/C15H22O2/c1-6-15(5,17)10-7-12-11(2)13(16)8-9-14(12,3)4/h6,13,16-17H,1,8-9H2,2-5H3. The molecule has 2 N–H and O–H groups in total. The molecule has 0 spiro atoms. The molecule has 0 saturated heterocycles. The first-order chi connectivity index (χ1) is 7.69. The van der Waals surface area contributed by atoms with Gasteiger partial charge in [-0.1, -0.05) is 32.3 Å². The normalized spacial score (nSPS) is 26.8. The van der Waals surface area contributed by atoms with Crippen molar-refractivity contribution in [2.75, 3.05) is 0 Å². The summed E-state index contributed by atoms with van der Waals surface area (Å²) in [5.74, 6) is 5.84. The molecule has 17 heavy (non-hydrogen) atoms. The summed E-state index contributed by atoms with van der Waals surface area (Å²) in [5.41, 5.74) is 0.659. The summed E-state index contributed by atoms with van der Waals surface area (Å²) in [4.78, 5) is 0. The van der Waals surface area contributed by atoms with Gasteiger partial charge in [-0.3, -0.25) is 0 Å². The van der Waals surface area contributed by atoms with Gasteiger partial charge in [-0.15, -0.1) is 0 Å². The monoisotopic (exact) mass is 234 g/mol. The first-order valence-corrected chi connectivity index (χ1v) is 5.98. The topological polar surface area (TPSA) is 40.5 Å². The molecule has 0 amide bonds. The third-order valence-electron chi connectivity index (χ3n) is 3.45. The Morgan fingerprint density at radius 1 is 1.53 bits per heavy atom. The maximum atomic E-state index is 9.86.